The lowest BCUT2D eigenvalue weighted by Gasteiger charge is -2.19. The molecule has 1 heterocycles. The third-order valence-electron chi connectivity index (χ3n) is 2.59. The van der Waals surface area contributed by atoms with E-state index in [4.69, 9.17) is 9.47 Å². The molecule has 1 atom stereocenters. The van der Waals surface area contributed by atoms with Crippen LogP contribution in [0, 0.1) is 5.92 Å². The Balaban J connectivity index is 2.42. The summed E-state index contributed by atoms with van der Waals surface area (Å²) in [7, 11) is 1.61. The summed E-state index contributed by atoms with van der Waals surface area (Å²) < 4.78 is 10.1. The average Bonchev–Trinajstić information content (AvgIpc) is 2.87. The van der Waals surface area contributed by atoms with Gasteiger partial charge in [0.2, 0.25) is 5.91 Å². The van der Waals surface area contributed by atoms with Gasteiger partial charge in [0.05, 0.1) is 19.3 Å². The number of thiophene rings is 1. The molecule has 1 aromatic rings. The van der Waals surface area contributed by atoms with E-state index in [1.165, 1.54) is 4.88 Å². The Hall–Kier alpha value is -0.910. The van der Waals surface area contributed by atoms with Crippen molar-refractivity contribution in [2.75, 3.05) is 26.9 Å². The number of carbonyl (C=O) groups excluding carboxylic acids is 1. The molecular formula is C14H23NO3S. The van der Waals surface area contributed by atoms with Crippen LogP contribution in [0.1, 0.15) is 31.2 Å². The Morgan fingerprint density at radius 1 is 1.42 bits per heavy atom. The van der Waals surface area contributed by atoms with Gasteiger partial charge in [0.1, 0.15) is 6.61 Å². The minimum atomic E-state index is -0.0739. The summed E-state index contributed by atoms with van der Waals surface area (Å²) >= 11 is 1.67. The van der Waals surface area contributed by atoms with E-state index in [0.717, 1.165) is 6.42 Å². The predicted octanol–water partition coefficient (Wildman–Crippen LogP) is 2.61. The van der Waals surface area contributed by atoms with Gasteiger partial charge in [0.15, 0.2) is 0 Å². The van der Waals surface area contributed by atoms with E-state index in [1.807, 2.05) is 11.4 Å². The number of nitrogens with one attached hydrogen (secondary N) is 1. The molecule has 0 aliphatic heterocycles. The molecule has 0 saturated carbocycles. The van der Waals surface area contributed by atoms with Crippen LogP contribution < -0.4 is 5.32 Å². The fourth-order valence-corrected chi connectivity index (χ4v) is 2.54. The SMILES string of the molecule is COCCOCC(=O)N[C@@H](CC(C)C)c1cccs1. The van der Waals surface area contributed by atoms with Gasteiger partial charge in [0.25, 0.3) is 0 Å². The number of ether oxygens (including phenoxy) is 2. The van der Waals surface area contributed by atoms with Gasteiger partial charge in [-0.2, -0.15) is 0 Å². The zero-order chi connectivity index (χ0) is 14.1. The molecule has 0 fully saturated rings. The third-order valence-corrected chi connectivity index (χ3v) is 3.58. The normalized spacial score (nSPS) is 12.6. The monoisotopic (exact) mass is 285 g/mol. The first-order chi connectivity index (χ1) is 9.13. The molecule has 5 heteroatoms. The number of methoxy groups -OCH3 is 1. The zero-order valence-electron chi connectivity index (χ0n) is 11.8. The fourth-order valence-electron chi connectivity index (χ4n) is 1.75. The molecule has 19 heavy (non-hydrogen) atoms. The predicted molar refractivity (Wildman–Crippen MR) is 77.4 cm³/mol. The van der Waals surface area contributed by atoms with Crippen molar-refractivity contribution >= 4 is 17.2 Å². The van der Waals surface area contributed by atoms with Gasteiger partial charge in [-0.15, -0.1) is 11.3 Å². The summed E-state index contributed by atoms with van der Waals surface area (Å²) in [5.74, 6) is 0.456. The van der Waals surface area contributed by atoms with Crippen molar-refractivity contribution in [1.82, 2.24) is 5.32 Å². The van der Waals surface area contributed by atoms with E-state index in [1.54, 1.807) is 18.4 Å². The van der Waals surface area contributed by atoms with Crippen LogP contribution in [0.15, 0.2) is 17.5 Å². The smallest absolute Gasteiger partial charge is 0.246 e. The molecule has 0 aliphatic carbocycles. The van der Waals surface area contributed by atoms with E-state index in [-0.39, 0.29) is 18.6 Å². The molecule has 0 spiro atoms. The summed E-state index contributed by atoms with van der Waals surface area (Å²) in [4.78, 5) is 13.0. The molecular weight excluding hydrogens is 262 g/mol. The minimum absolute atomic E-state index is 0.0739. The molecule has 1 amide bonds. The van der Waals surface area contributed by atoms with Crippen molar-refractivity contribution in [1.29, 1.82) is 0 Å². The quantitative estimate of drug-likeness (QED) is 0.710. The van der Waals surface area contributed by atoms with Crippen molar-refractivity contribution in [2.24, 2.45) is 5.92 Å². The van der Waals surface area contributed by atoms with Crippen LogP contribution >= 0.6 is 11.3 Å². The summed E-state index contributed by atoms with van der Waals surface area (Å²) in [6.07, 6.45) is 0.935. The van der Waals surface area contributed by atoms with E-state index < -0.39 is 0 Å². The number of rotatable bonds is 9. The Kier molecular flexibility index (Phi) is 7.70. The van der Waals surface area contributed by atoms with Gasteiger partial charge in [-0.3, -0.25) is 4.79 Å². The molecule has 0 saturated heterocycles. The molecule has 0 unspecified atom stereocenters. The molecule has 0 aromatic carbocycles. The largest absolute Gasteiger partial charge is 0.382 e. The standard InChI is InChI=1S/C14H23NO3S/c1-11(2)9-12(13-5-4-8-19-13)15-14(16)10-18-7-6-17-3/h4-5,8,11-12H,6-7,9-10H2,1-3H3,(H,15,16)/t12-/m0/s1. The van der Waals surface area contributed by atoms with Crippen LogP contribution in [0.3, 0.4) is 0 Å². The van der Waals surface area contributed by atoms with Crippen LogP contribution in [0.4, 0.5) is 0 Å². The molecule has 1 rings (SSSR count). The van der Waals surface area contributed by atoms with Crippen LogP contribution in [-0.4, -0.2) is 32.8 Å². The first kappa shape index (κ1) is 16.1. The maximum Gasteiger partial charge on any atom is 0.246 e. The Labute approximate surface area is 119 Å². The highest BCUT2D eigenvalue weighted by atomic mass is 32.1. The Bertz CT molecular complexity index is 352. The third kappa shape index (κ3) is 6.71. The molecule has 0 radical (unpaired) electrons. The lowest BCUT2D eigenvalue weighted by atomic mass is 10.0. The molecule has 1 aromatic heterocycles. The van der Waals surface area contributed by atoms with Crippen LogP contribution in [0.2, 0.25) is 0 Å². The molecule has 4 nitrogen and oxygen atoms in total. The van der Waals surface area contributed by atoms with E-state index in [2.05, 4.69) is 25.2 Å². The van der Waals surface area contributed by atoms with Gasteiger partial charge >= 0.3 is 0 Å². The first-order valence-corrected chi connectivity index (χ1v) is 7.41. The zero-order valence-corrected chi connectivity index (χ0v) is 12.7. The number of hydrogen-bond acceptors (Lipinski definition) is 4. The molecule has 0 bridgehead atoms. The highest BCUT2D eigenvalue weighted by molar-refractivity contribution is 7.10. The maximum absolute atomic E-state index is 11.8. The first-order valence-electron chi connectivity index (χ1n) is 6.53. The van der Waals surface area contributed by atoms with Crippen molar-refractivity contribution in [3.63, 3.8) is 0 Å². The van der Waals surface area contributed by atoms with E-state index in [0.29, 0.717) is 19.1 Å². The maximum atomic E-state index is 11.8. The number of hydrogen-bond donors (Lipinski definition) is 1. The van der Waals surface area contributed by atoms with Gasteiger partial charge in [-0.25, -0.2) is 0 Å². The number of amides is 1. The Morgan fingerprint density at radius 2 is 2.21 bits per heavy atom. The number of carbonyl (C=O) groups is 1. The van der Waals surface area contributed by atoms with Gasteiger partial charge in [-0.1, -0.05) is 19.9 Å². The van der Waals surface area contributed by atoms with E-state index in [9.17, 15) is 4.79 Å². The lowest BCUT2D eigenvalue weighted by molar-refractivity contribution is -0.127. The topological polar surface area (TPSA) is 47.6 Å². The minimum Gasteiger partial charge on any atom is -0.382 e. The second-order valence-electron chi connectivity index (χ2n) is 4.81. The fraction of sp³-hybridized carbons (Fsp3) is 0.643. The van der Waals surface area contributed by atoms with Crippen molar-refractivity contribution in [3.05, 3.63) is 22.4 Å². The summed E-state index contributed by atoms with van der Waals surface area (Å²) in [6, 6.07) is 4.15. The molecule has 108 valence electrons. The molecule has 1 N–H and O–H groups in total. The second-order valence-corrected chi connectivity index (χ2v) is 5.79. The average molecular weight is 285 g/mol. The highest BCUT2D eigenvalue weighted by Gasteiger charge is 2.16. The summed E-state index contributed by atoms with van der Waals surface area (Å²) in [5, 5.41) is 5.06. The van der Waals surface area contributed by atoms with Gasteiger partial charge in [-0.05, 0) is 23.8 Å². The van der Waals surface area contributed by atoms with Crippen LogP contribution in [-0.2, 0) is 14.3 Å². The van der Waals surface area contributed by atoms with Crippen LogP contribution in [0.5, 0.6) is 0 Å². The van der Waals surface area contributed by atoms with Crippen molar-refractivity contribution in [3.8, 4) is 0 Å². The van der Waals surface area contributed by atoms with Crippen LogP contribution in [0.25, 0.3) is 0 Å². The Morgan fingerprint density at radius 3 is 2.79 bits per heavy atom. The second kappa shape index (κ2) is 9.07. The van der Waals surface area contributed by atoms with Crippen molar-refractivity contribution in [2.45, 2.75) is 26.3 Å². The van der Waals surface area contributed by atoms with E-state index >= 15 is 0 Å². The van der Waals surface area contributed by atoms with Gasteiger partial charge in [0, 0.05) is 12.0 Å². The summed E-state index contributed by atoms with van der Waals surface area (Å²) in [6.45, 7) is 5.35. The lowest BCUT2D eigenvalue weighted by Crippen LogP contribution is -2.32. The van der Waals surface area contributed by atoms with Gasteiger partial charge < -0.3 is 14.8 Å². The summed E-state index contributed by atoms with van der Waals surface area (Å²) in [5.41, 5.74) is 0. The highest BCUT2D eigenvalue weighted by Crippen LogP contribution is 2.25. The molecule has 0 aliphatic rings. The van der Waals surface area contributed by atoms with Crippen molar-refractivity contribution < 1.29 is 14.3 Å².